The van der Waals surface area contributed by atoms with E-state index in [1.54, 1.807) is 12.3 Å². The third-order valence-electron chi connectivity index (χ3n) is 3.97. The van der Waals surface area contributed by atoms with Crippen molar-refractivity contribution in [1.82, 2.24) is 14.8 Å². The van der Waals surface area contributed by atoms with E-state index in [4.69, 9.17) is 9.84 Å². The highest BCUT2D eigenvalue weighted by Gasteiger charge is 2.34. The van der Waals surface area contributed by atoms with Gasteiger partial charge in [0.25, 0.3) is 0 Å². The highest BCUT2D eigenvalue weighted by Crippen LogP contribution is 2.21. The molecular weight excluding hydrogens is 368 g/mol. The Morgan fingerprint density at radius 1 is 1.35 bits per heavy atom. The Balaban J connectivity index is 1.54. The fourth-order valence-corrected chi connectivity index (χ4v) is 2.98. The monoisotopic (exact) mass is 384 g/mol. The van der Waals surface area contributed by atoms with Crippen LogP contribution in [0.5, 0.6) is 0 Å². The fraction of sp³-hybridized carbons (Fsp3) is 0.500. The van der Waals surface area contributed by atoms with E-state index in [1.165, 1.54) is 9.80 Å². The molecule has 8 nitrogen and oxygen atoms in total. The lowest BCUT2D eigenvalue weighted by Crippen LogP contribution is -2.50. The van der Waals surface area contributed by atoms with E-state index < -0.39 is 12.2 Å². The Kier molecular flexibility index (Phi) is 4.67. The normalized spacial score (nSPS) is 22.3. The lowest BCUT2D eigenvalue weighted by atomic mass is 10.2. The summed E-state index contributed by atoms with van der Waals surface area (Å²) in [6, 6.07) is 3.59. The van der Waals surface area contributed by atoms with Crippen LogP contribution in [-0.2, 0) is 4.74 Å². The van der Waals surface area contributed by atoms with Crippen LogP contribution in [0.1, 0.15) is 0 Å². The molecular formula is C14H17BrN4O4. The van der Waals surface area contributed by atoms with Gasteiger partial charge >= 0.3 is 12.2 Å². The second-order valence-electron chi connectivity index (χ2n) is 5.52. The standard InChI is InChI=1S/C14H17BrN4O4/c15-10-1-2-12(16-7-10)19-9-11(23-14(19)22)8-17-3-5-18(6-4-17)13(20)21/h1-2,7,11H,3-6,8-9H2,(H,20,21). The van der Waals surface area contributed by atoms with Crippen molar-refractivity contribution in [3.05, 3.63) is 22.8 Å². The molecule has 0 radical (unpaired) electrons. The summed E-state index contributed by atoms with van der Waals surface area (Å²) in [7, 11) is 0. The molecule has 0 saturated carbocycles. The molecule has 0 aliphatic carbocycles. The van der Waals surface area contributed by atoms with Crippen LogP contribution in [0.2, 0.25) is 0 Å². The summed E-state index contributed by atoms with van der Waals surface area (Å²) >= 11 is 3.31. The van der Waals surface area contributed by atoms with Crippen molar-refractivity contribution in [3.63, 3.8) is 0 Å². The second kappa shape index (κ2) is 6.71. The summed E-state index contributed by atoms with van der Waals surface area (Å²) < 4.78 is 6.25. The maximum absolute atomic E-state index is 12.0. The minimum Gasteiger partial charge on any atom is -0.465 e. The molecule has 3 heterocycles. The number of ether oxygens (including phenoxy) is 1. The smallest absolute Gasteiger partial charge is 0.415 e. The molecule has 23 heavy (non-hydrogen) atoms. The predicted molar refractivity (Wildman–Crippen MR) is 85.6 cm³/mol. The molecule has 1 atom stereocenters. The lowest BCUT2D eigenvalue weighted by Gasteiger charge is -2.33. The van der Waals surface area contributed by atoms with E-state index in [0.717, 1.165) is 4.47 Å². The first-order chi connectivity index (χ1) is 11.0. The molecule has 1 unspecified atom stereocenters. The van der Waals surface area contributed by atoms with Gasteiger partial charge in [0.1, 0.15) is 11.9 Å². The van der Waals surface area contributed by atoms with E-state index in [2.05, 4.69) is 25.8 Å². The molecule has 1 aromatic heterocycles. The van der Waals surface area contributed by atoms with Gasteiger partial charge in [-0.05, 0) is 28.1 Å². The Hall–Kier alpha value is -1.87. The maximum Gasteiger partial charge on any atom is 0.415 e. The SMILES string of the molecule is O=C(O)N1CCN(CC2CN(c3ccc(Br)cn3)C(=O)O2)CC1. The summed E-state index contributed by atoms with van der Waals surface area (Å²) in [4.78, 5) is 32.1. The molecule has 2 aliphatic rings. The van der Waals surface area contributed by atoms with E-state index in [1.807, 2.05) is 6.07 Å². The zero-order valence-electron chi connectivity index (χ0n) is 12.4. The number of pyridine rings is 1. The second-order valence-corrected chi connectivity index (χ2v) is 6.44. The van der Waals surface area contributed by atoms with Crippen LogP contribution in [0.15, 0.2) is 22.8 Å². The van der Waals surface area contributed by atoms with E-state index in [-0.39, 0.29) is 6.10 Å². The van der Waals surface area contributed by atoms with Gasteiger partial charge in [0.05, 0.1) is 6.54 Å². The number of hydrogen-bond donors (Lipinski definition) is 1. The Morgan fingerprint density at radius 2 is 2.09 bits per heavy atom. The molecule has 0 aromatic carbocycles. The molecule has 2 saturated heterocycles. The number of hydrogen-bond acceptors (Lipinski definition) is 5. The van der Waals surface area contributed by atoms with Crippen molar-refractivity contribution >= 4 is 33.9 Å². The van der Waals surface area contributed by atoms with Crippen molar-refractivity contribution in [2.45, 2.75) is 6.10 Å². The fourth-order valence-electron chi connectivity index (χ4n) is 2.74. The molecule has 3 rings (SSSR count). The van der Waals surface area contributed by atoms with E-state index >= 15 is 0 Å². The number of carbonyl (C=O) groups is 2. The molecule has 1 N–H and O–H groups in total. The van der Waals surface area contributed by atoms with E-state index in [0.29, 0.717) is 45.1 Å². The Labute approximate surface area is 141 Å². The maximum atomic E-state index is 12.0. The predicted octanol–water partition coefficient (Wildman–Crippen LogP) is 1.46. The van der Waals surface area contributed by atoms with Crippen molar-refractivity contribution in [2.75, 3.05) is 44.2 Å². The van der Waals surface area contributed by atoms with Crippen molar-refractivity contribution in [2.24, 2.45) is 0 Å². The van der Waals surface area contributed by atoms with Crippen LogP contribution < -0.4 is 4.90 Å². The third-order valence-corrected chi connectivity index (χ3v) is 4.44. The number of carboxylic acid groups (broad SMARTS) is 1. The Bertz CT molecular complexity index is 589. The average Bonchev–Trinajstić information content (AvgIpc) is 2.89. The highest BCUT2D eigenvalue weighted by molar-refractivity contribution is 9.10. The van der Waals surface area contributed by atoms with Crippen LogP contribution in [0.3, 0.4) is 0 Å². The van der Waals surface area contributed by atoms with Gasteiger partial charge in [-0.25, -0.2) is 14.6 Å². The summed E-state index contributed by atoms with van der Waals surface area (Å²) in [5.74, 6) is 0.566. The van der Waals surface area contributed by atoms with Crippen LogP contribution in [0, 0.1) is 0 Å². The number of rotatable bonds is 3. The quantitative estimate of drug-likeness (QED) is 0.848. The molecule has 0 bridgehead atoms. The Morgan fingerprint density at radius 3 is 2.70 bits per heavy atom. The van der Waals surface area contributed by atoms with Gasteiger partial charge in [0.15, 0.2) is 0 Å². The van der Waals surface area contributed by atoms with Gasteiger partial charge in [0, 0.05) is 43.4 Å². The highest BCUT2D eigenvalue weighted by atomic mass is 79.9. The molecule has 2 amide bonds. The van der Waals surface area contributed by atoms with E-state index in [9.17, 15) is 9.59 Å². The van der Waals surface area contributed by atoms with Crippen molar-refractivity contribution < 1.29 is 19.4 Å². The van der Waals surface area contributed by atoms with Gasteiger partial charge in [-0.3, -0.25) is 9.80 Å². The molecule has 124 valence electrons. The number of cyclic esters (lactones) is 1. The van der Waals surface area contributed by atoms with Gasteiger partial charge in [-0.15, -0.1) is 0 Å². The third kappa shape index (κ3) is 3.73. The van der Waals surface area contributed by atoms with Gasteiger partial charge < -0.3 is 14.7 Å². The topological polar surface area (TPSA) is 86.2 Å². The van der Waals surface area contributed by atoms with Crippen LogP contribution >= 0.6 is 15.9 Å². The number of amides is 2. The van der Waals surface area contributed by atoms with Crippen LogP contribution in [0.25, 0.3) is 0 Å². The number of halogens is 1. The van der Waals surface area contributed by atoms with Crippen molar-refractivity contribution in [1.29, 1.82) is 0 Å². The summed E-state index contributed by atoms with van der Waals surface area (Å²) in [5.41, 5.74) is 0. The first-order valence-corrected chi connectivity index (χ1v) is 8.12. The number of nitrogens with zero attached hydrogens (tertiary/aromatic N) is 4. The average molecular weight is 385 g/mol. The van der Waals surface area contributed by atoms with Crippen LogP contribution in [-0.4, -0.2) is 77.4 Å². The van der Waals surface area contributed by atoms with Gasteiger partial charge in [-0.1, -0.05) is 0 Å². The van der Waals surface area contributed by atoms with Gasteiger partial charge in [0.2, 0.25) is 0 Å². The molecule has 9 heteroatoms. The largest absolute Gasteiger partial charge is 0.465 e. The zero-order valence-corrected chi connectivity index (χ0v) is 14.0. The van der Waals surface area contributed by atoms with Gasteiger partial charge in [-0.2, -0.15) is 0 Å². The number of anilines is 1. The minimum absolute atomic E-state index is 0.232. The lowest BCUT2D eigenvalue weighted by molar-refractivity contribution is 0.0738. The molecule has 1 aromatic rings. The minimum atomic E-state index is -0.885. The number of aromatic nitrogens is 1. The zero-order chi connectivity index (χ0) is 16.4. The number of piperazine rings is 1. The molecule has 2 fully saturated rings. The summed E-state index contributed by atoms with van der Waals surface area (Å²) in [6.45, 7) is 3.31. The molecule has 2 aliphatic heterocycles. The number of carbonyl (C=O) groups excluding carboxylic acids is 1. The summed E-state index contributed by atoms with van der Waals surface area (Å²) in [5, 5.41) is 8.94. The first-order valence-electron chi connectivity index (χ1n) is 7.33. The van der Waals surface area contributed by atoms with Crippen LogP contribution in [0.4, 0.5) is 15.4 Å². The summed E-state index contributed by atoms with van der Waals surface area (Å²) in [6.07, 6.45) is 0.129. The van der Waals surface area contributed by atoms with Crippen molar-refractivity contribution in [3.8, 4) is 0 Å². The molecule has 0 spiro atoms. The first kappa shape index (κ1) is 16.0.